The first-order valence-corrected chi connectivity index (χ1v) is 7.46. The van der Waals surface area contributed by atoms with Gasteiger partial charge in [-0.3, -0.25) is 9.59 Å². The third-order valence-corrected chi connectivity index (χ3v) is 4.12. The molecule has 0 atom stereocenters. The molecule has 0 N–H and O–H groups in total. The molecule has 1 saturated carbocycles. The fraction of sp³-hybridized carbons (Fsp3) is 0.375. The van der Waals surface area contributed by atoms with Crippen LogP contribution in [0.3, 0.4) is 0 Å². The Balaban J connectivity index is 1.83. The zero-order valence-electron chi connectivity index (χ0n) is 11.4. The van der Waals surface area contributed by atoms with Crippen LogP contribution in [0.5, 0.6) is 5.75 Å². The van der Waals surface area contributed by atoms with Crippen molar-refractivity contribution in [2.45, 2.75) is 32.1 Å². The average Bonchev–Trinajstić information content (AvgIpc) is 2.52. The van der Waals surface area contributed by atoms with E-state index in [1.165, 1.54) is 12.7 Å². The number of halogens is 1. The van der Waals surface area contributed by atoms with Gasteiger partial charge < -0.3 is 9.15 Å². The van der Waals surface area contributed by atoms with Crippen LogP contribution >= 0.6 is 11.6 Å². The van der Waals surface area contributed by atoms with E-state index in [1.54, 1.807) is 18.2 Å². The number of benzene rings is 1. The summed E-state index contributed by atoms with van der Waals surface area (Å²) in [5, 5.41) is 0.411. The molecule has 0 spiro atoms. The second kappa shape index (κ2) is 5.90. The Bertz CT molecular complexity index is 729. The molecule has 0 saturated heterocycles. The molecule has 0 bridgehead atoms. The van der Waals surface area contributed by atoms with Crippen LogP contribution < -0.4 is 10.2 Å². The Kier molecular flexibility index (Phi) is 3.97. The molecule has 0 amide bonds. The van der Waals surface area contributed by atoms with E-state index in [4.69, 9.17) is 20.8 Å². The average molecular weight is 307 g/mol. The number of hydrogen-bond acceptors (Lipinski definition) is 4. The van der Waals surface area contributed by atoms with Gasteiger partial charge in [-0.15, -0.1) is 0 Å². The number of hydrogen-bond donors (Lipinski definition) is 0. The molecule has 1 aliphatic carbocycles. The number of carbonyl (C=O) groups excluding carboxylic acids is 1. The quantitative estimate of drug-likeness (QED) is 0.623. The zero-order chi connectivity index (χ0) is 14.8. The first-order valence-electron chi connectivity index (χ1n) is 7.08. The highest BCUT2D eigenvalue weighted by molar-refractivity contribution is 6.30. The third kappa shape index (κ3) is 2.95. The summed E-state index contributed by atoms with van der Waals surface area (Å²) >= 11 is 5.72. The van der Waals surface area contributed by atoms with Crippen LogP contribution in [0, 0.1) is 5.92 Å². The topological polar surface area (TPSA) is 56.5 Å². The summed E-state index contributed by atoms with van der Waals surface area (Å²) in [6.45, 7) is 0. The SMILES string of the molecule is O=C(Oc1ccc2c(=O)c(Cl)coc2c1)C1CCCCC1. The maximum absolute atomic E-state index is 12.1. The van der Waals surface area contributed by atoms with Crippen molar-refractivity contribution < 1.29 is 13.9 Å². The highest BCUT2D eigenvalue weighted by atomic mass is 35.5. The van der Waals surface area contributed by atoms with Gasteiger partial charge in [-0.05, 0) is 25.0 Å². The molecule has 1 aromatic heterocycles. The normalized spacial score (nSPS) is 16.0. The molecule has 1 aliphatic rings. The summed E-state index contributed by atoms with van der Waals surface area (Å²) < 4.78 is 10.7. The summed E-state index contributed by atoms with van der Waals surface area (Å²) in [6.07, 6.45) is 6.30. The molecule has 110 valence electrons. The number of ether oxygens (including phenoxy) is 1. The second-order valence-corrected chi connectivity index (χ2v) is 5.73. The summed E-state index contributed by atoms with van der Waals surface area (Å²) in [6, 6.07) is 4.71. The van der Waals surface area contributed by atoms with Gasteiger partial charge in [0, 0.05) is 6.07 Å². The van der Waals surface area contributed by atoms with Gasteiger partial charge in [-0.2, -0.15) is 0 Å². The Morgan fingerprint density at radius 3 is 2.76 bits per heavy atom. The van der Waals surface area contributed by atoms with Crippen LogP contribution in [0.15, 0.2) is 33.7 Å². The van der Waals surface area contributed by atoms with Crippen molar-refractivity contribution in [3.63, 3.8) is 0 Å². The lowest BCUT2D eigenvalue weighted by atomic mass is 9.89. The van der Waals surface area contributed by atoms with E-state index in [9.17, 15) is 9.59 Å². The van der Waals surface area contributed by atoms with Gasteiger partial charge in [-0.25, -0.2) is 0 Å². The highest BCUT2D eigenvalue weighted by Gasteiger charge is 2.23. The molecule has 21 heavy (non-hydrogen) atoms. The molecule has 0 aliphatic heterocycles. The van der Waals surface area contributed by atoms with E-state index in [0.717, 1.165) is 25.7 Å². The fourth-order valence-corrected chi connectivity index (χ4v) is 2.83. The summed E-state index contributed by atoms with van der Waals surface area (Å²) in [5.41, 5.74) is 0.0708. The molecule has 1 fully saturated rings. The van der Waals surface area contributed by atoms with Crippen molar-refractivity contribution in [3.8, 4) is 5.75 Å². The van der Waals surface area contributed by atoms with Crippen LogP contribution in [0.1, 0.15) is 32.1 Å². The lowest BCUT2D eigenvalue weighted by molar-refractivity contribution is -0.139. The molecule has 0 unspecified atom stereocenters. The Labute approximate surface area is 126 Å². The first kappa shape index (κ1) is 14.1. The Morgan fingerprint density at radius 1 is 1.24 bits per heavy atom. The van der Waals surface area contributed by atoms with E-state index in [0.29, 0.717) is 16.7 Å². The van der Waals surface area contributed by atoms with E-state index in [1.807, 2.05) is 0 Å². The summed E-state index contributed by atoms with van der Waals surface area (Å²) in [5.74, 6) is 0.167. The minimum atomic E-state index is -0.289. The van der Waals surface area contributed by atoms with Crippen molar-refractivity contribution in [2.75, 3.05) is 0 Å². The van der Waals surface area contributed by atoms with Crippen LogP contribution in [0.4, 0.5) is 0 Å². The highest BCUT2D eigenvalue weighted by Crippen LogP contribution is 2.26. The second-order valence-electron chi connectivity index (χ2n) is 5.33. The molecule has 4 nitrogen and oxygen atoms in total. The number of esters is 1. The maximum atomic E-state index is 12.1. The molecular weight excluding hydrogens is 292 g/mol. The third-order valence-electron chi connectivity index (χ3n) is 3.86. The number of rotatable bonds is 2. The maximum Gasteiger partial charge on any atom is 0.314 e. The number of fused-ring (bicyclic) bond motifs is 1. The van der Waals surface area contributed by atoms with Crippen LogP contribution in [0.2, 0.25) is 5.02 Å². The number of carbonyl (C=O) groups is 1. The van der Waals surface area contributed by atoms with Crippen molar-refractivity contribution in [2.24, 2.45) is 5.92 Å². The van der Waals surface area contributed by atoms with Crippen molar-refractivity contribution >= 4 is 28.5 Å². The van der Waals surface area contributed by atoms with Gasteiger partial charge in [0.1, 0.15) is 22.6 Å². The lowest BCUT2D eigenvalue weighted by Crippen LogP contribution is -2.22. The van der Waals surface area contributed by atoms with E-state index < -0.39 is 0 Å². The molecule has 5 heteroatoms. The minimum absolute atomic E-state index is 0.0216. The molecule has 0 radical (unpaired) electrons. The van der Waals surface area contributed by atoms with Crippen LogP contribution in [-0.4, -0.2) is 5.97 Å². The van der Waals surface area contributed by atoms with E-state index in [-0.39, 0.29) is 22.3 Å². The van der Waals surface area contributed by atoms with Crippen LogP contribution in [0.25, 0.3) is 11.0 Å². The predicted octanol–water partition coefficient (Wildman–Crippen LogP) is 3.93. The monoisotopic (exact) mass is 306 g/mol. The standard InChI is InChI=1S/C16H15ClO4/c17-13-9-20-14-8-11(6-7-12(14)15(13)18)21-16(19)10-4-2-1-3-5-10/h6-10H,1-5H2. The van der Waals surface area contributed by atoms with Gasteiger partial charge in [0.15, 0.2) is 0 Å². The van der Waals surface area contributed by atoms with Gasteiger partial charge >= 0.3 is 5.97 Å². The fourth-order valence-electron chi connectivity index (χ4n) is 2.69. The van der Waals surface area contributed by atoms with Crippen molar-refractivity contribution in [3.05, 3.63) is 39.7 Å². The Morgan fingerprint density at radius 2 is 2.00 bits per heavy atom. The van der Waals surface area contributed by atoms with Crippen molar-refractivity contribution in [1.82, 2.24) is 0 Å². The summed E-state index contributed by atoms with van der Waals surface area (Å²) in [4.78, 5) is 23.9. The van der Waals surface area contributed by atoms with E-state index in [2.05, 4.69) is 0 Å². The van der Waals surface area contributed by atoms with Gasteiger partial charge in [0.25, 0.3) is 0 Å². The molecule has 2 aromatic rings. The first-order chi connectivity index (χ1) is 10.1. The Hall–Kier alpha value is -1.81. The molecule has 3 rings (SSSR count). The summed E-state index contributed by atoms with van der Waals surface area (Å²) in [7, 11) is 0. The van der Waals surface area contributed by atoms with E-state index >= 15 is 0 Å². The molecular formula is C16H15ClO4. The van der Waals surface area contributed by atoms with Crippen molar-refractivity contribution in [1.29, 1.82) is 0 Å². The largest absolute Gasteiger partial charge is 0.462 e. The lowest BCUT2D eigenvalue weighted by Gasteiger charge is -2.19. The van der Waals surface area contributed by atoms with Gasteiger partial charge in [0.05, 0.1) is 11.3 Å². The molecule has 1 aromatic carbocycles. The predicted molar refractivity (Wildman–Crippen MR) is 79.7 cm³/mol. The smallest absolute Gasteiger partial charge is 0.314 e. The van der Waals surface area contributed by atoms with Crippen LogP contribution in [-0.2, 0) is 4.79 Å². The zero-order valence-corrected chi connectivity index (χ0v) is 12.2. The molecule has 1 heterocycles. The van der Waals surface area contributed by atoms with Gasteiger partial charge in [-0.1, -0.05) is 30.9 Å². The minimum Gasteiger partial charge on any atom is -0.462 e. The van der Waals surface area contributed by atoms with Gasteiger partial charge in [0.2, 0.25) is 5.43 Å².